The van der Waals surface area contributed by atoms with Crippen LogP contribution >= 0.6 is 0 Å². The lowest BCUT2D eigenvalue weighted by Gasteiger charge is -2.26. The molecule has 0 spiro atoms. The molecule has 0 aliphatic rings. The summed E-state index contributed by atoms with van der Waals surface area (Å²) in [5.41, 5.74) is 3.24. The molecule has 2 N–H and O–H groups in total. The number of rotatable bonds is 6. The molecule has 2 amide bonds. The van der Waals surface area contributed by atoms with Crippen LogP contribution in [0.4, 0.5) is 11.4 Å². The van der Waals surface area contributed by atoms with Crippen LogP contribution in [0.5, 0.6) is 5.75 Å². The van der Waals surface area contributed by atoms with E-state index in [1.165, 1.54) is 11.1 Å². The van der Waals surface area contributed by atoms with Crippen LogP contribution in [0.25, 0.3) is 0 Å². The van der Waals surface area contributed by atoms with Crippen molar-refractivity contribution in [3.8, 4) is 5.75 Å². The van der Waals surface area contributed by atoms with Gasteiger partial charge in [-0.2, -0.15) is 0 Å². The Morgan fingerprint density at radius 1 is 0.583 bits per heavy atom. The Hall–Kier alpha value is -3.60. The minimum atomic E-state index is -1.07. The highest BCUT2D eigenvalue weighted by molar-refractivity contribution is 6.04. The molecule has 0 radical (unpaired) electrons. The van der Waals surface area contributed by atoms with E-state index in [2.05, 4.69) is 52.2 Å². The zero-order valence-corrected chi connectivity index (χ0v) is 22.7. The Morgan fingerprint density at radius 3 is 1.44 bits per heavy atom. The molecule has 0 unspecified atom stereocenters. The highest BCUT2D eigenvalue weighted by atomic mass is 16.5. The van der Waals surface area contributed by atoms with E-state index in [9.17, 15) is 9.59 Å². The second kappa shape index (κ2) is 10.2. The van der Waals surface area contributed by atoms with Gasteiger partial charge in [0.05, 0.1) is 0 Å². The third-order valence-corrected chi connectivity index (χ3v) is 6.05. The second-order valence-electron chi connectivity index (χ2n) is 11.7. The summed E-state index contributed by atoms with van der Waals surface area (Å²) >= 11 is 0. The van der Waals surface area contributed by atoms with Gasteiger partial charge in [0.25, 0.3) is 11.8 Å². The SMILES string of the molecule is CC(C)(Oc1ccc(C(C)(C)C)cc1)C(=O)Nc1ccc(NC(=O)c2ccc(C(C)(C)C)cc2)cc1. The van der Waals surface area contributed by atoms with E-state index in [1.807, 2.05) is 48.5 Å². The molecule has 3 aromatic rings. The van der Waals surface area contributed by atoms with Crippen LogP contribution in [-0.4, -0.2) is 17.4 Å². The third-order valence-electron chi connectivity index (χ3n) is 6.05. The molecule has 0 saturated heterocycles. The first-order valence-corrected chi connectivity index (χ1v) is 12.3. The van der Waals surface area contributed by atoms with Crippen LogP contribution in [0, 0.1) is 0 Å². The van der Waals surface area contributed by atoms with E-state index >= 15 is 0 Å². The molecule has 0 heterocycles. The van der Waals surface area contributed by atoms with Crippen molar-refractivity contribution < 1.29 is 14.3 Å². The van der Waals surface area contributed by atoms with Gasteiger partial charge in [-0.25, -0.2) is 0 Å². The number of hydrogen-bond acceptors (Lipinski definition) is 3. The lowest BCUT2D eigenvalue weighted by atomic mass is 9.87. The first-order valence-electron chi connectivity index (χ1n) is 12.3. The van der Waals surface area contributed by atoms with Crippen molar-refractivity contribution in [1.29, 1.82) is 0 Å². The Bertz CT molecular complexity index is 1200. The average Bonchev–Trinajstić information content (AvgIpc) is 2.79. The summed E-state index contributed by atoms with van der Waals surface area (Å²) in [4.78, 5) is 25.5. The molecule has 0 aromatic heterocycles. The van der Waals surface area contributed by atoms with E-state index in [-0.39, 0.29) is 22.6 Å². The molecule has 0 bridgehead atoms. The molecule has 0 aliphatic heterocycles. The van der Waals surface area contributed by atoms with E-state index in [4.69, 9.17) is 4.74 Å². The van der Waals surface area contributed by atoms with Crippen LogP contribution in [0.15, 0.2) is 72.8 Å². The molecule has 0 fully saturated rings. The number of carbonyl (C=O) groups is 2. The smallest absolute Gasteiger partial charge is 0.267 e. The molecular weight excluding hydrogens is 448 g/mol. The van der Waals surface area contributed by atoms with E-state index in [0.717, 1.165) is 0 Å². The molecule has 36 heavy (non-hydrogen) atoms. The number of carbonyl (C=O) groups excluding carboxylic acids is 2. The summed E-state index contributed by atoms with van der Waals surface area (Å²) < 4.78 is 5.99. The van der Waals surface area contributed by atoms with E-state index in [0.29, 0.717) is 22.7 Å². The number of benzene rings is 3. The first kappa shape index (κ1) is 27.0. The maximum atomic E-state index is 12.9. The molecule has 0 aliphatic carbocycles. The summed E-state index contributed by atoms with van der Waals surface area (Å²) in [7, 11) is 0. The van der Waals surface area contributed by atoms with Gasteiger partial charge in [0.1, 0.15) is 5.75 Å². The van der Waals surface area contributed by atoms with Crippen LogP contribution in [0.3, 0.4) is 0 Å². The van der Waals surface area contributed by atoms with Crippen LogP contribution in [-0.2, 0) is 15.6 Å². The highest BCUT2D eigenvalue weighted by Crippen LogP contribution is 2.27. The van der Waals surface area contributed by atoms with Crippen molar-refractivity contribution >= 4 is 23.2 Å². The predicted molar refractivity (Wildman–Crippen MR) is 148 cm³/mol. The lowest BCUT2D eigenvalue weighted by Crippen LogP contribution is -2.42. The monoisotopic (exact) mass is 486 g/mol. The average molecular weight is 487 g/mol. The fourth-order valence-electron chi connectivity index (χ4n) is 3.61. The maximum Gasteiger partial charge on any atom is 0.267 e. The van der Waals surface area contributed by atoms with Crippen molar-refractivity contribution in [2.45, 2.75) is 71.8 Å². The van der Waals surface area contributed by atoms with Gasteiger partial charge in [-0.3, -0.25) is 9.59 Å². The topological polar surface area (TPSA) is 67.4 Å². The van der Waals surface area contributed by atoms with Crippen LogP contribution in [0.1, 0.15) is 76.9 Å². The lowest BCUT2D eigenvalue weighted by molar-refractivity contribution is -0.128. The summed E-state index contributed by atoms with van der Waals surface area (Å²) in [5.74, 6) is 0.189. The number of nitrogens with one attached hydrogen (secondary N) is 2. The number of ether oxygens (including phenoxy) is 1. The fourth-order valence-corrected chi connectivity index (χ4v) is 3.61. The first-order chi connectivity index (χ1) is 16.6. The van der Waals surface area contributed by atoms with E-state index in [1.54, 1.807) is 38.1 Å². The standard InChI is InChI=1S/C31H38N2O3/c1-29(2,3)22-11-9-21(10-12-22)27(34)32-24-15-17-25(18-16-24)33-28(35)31(7,8)36-26-19-13-23(14-20-26)30(4,5)6/h9-20H,1-8H3,(H,32,34)(H,33,35). The van der Waals surface area contributed by atoms with Gasteiger partial charge in [0.15, 0.2) is 5.60 Å². The summed E-state index contributed by atoms with van der Waals surface area (Å²) in [5, 5.41) is 5.79. The minimum absolute atomic E-state index is 0.0335. The third kappa shape index (κ3) is 6.97. The zero-order chi connectivity index (χ0) is 26.7. The van der Waals surface area contributed by atoms with E-state index < -0.39 is 5.60 Å². The summed E-state index contributed by atoms with van der Waals surface area (Å²) in [6.07, 6.45) is 0. The summed E-state index contributed by atoms with van der Waals surface area (Å²) in [6, 6.07) is 22.5. The quantitative estimate of drug-likeness (QED) is 0.383. The molecule has 0 saturated carbocycles. The van der Waals surface area contributed by atoms with Crippen molar-refractivity contribution in [3.63, 3.8) is 0 Å². The zero-order valence-electron chi connectivity index (χ0n) is 22.7. The van der Waals surface area contributed by atoms with Gasteiger partial charge in [0, 0.05) is 16.9 Å². The number of anilines is 2. The van der Waals surface area contributed by atoms with Gasteiger partial charge in [-0.15, -0.1) is 0 Å². The minimum Gasteiger partial charge on any atom is -0.478 e. The Kier molecular flexibility index (Phi) is 7.63. The van der Waals surface area contributed by atoms with Crippen LogP contribution in [0.2, 0.25) is 0 Å². The van der Waals surface area contributed by atoms with Gasteiger partial charge in [0.2, 0.25) is 0 Å². The Labute approximate surface area is 215 Å². The Morgan fingerprint density at radius 2 is 1.00 bits per heavy atom. The fraction of sp³-hybridized carbons (Fsp3) is 0.355. The van der Waals surface area contributed by atoms with Gasteiger partial charge in [-0.1, -0.05) is 65.8 Å². The molecular formula is C31H38N2O3. The molecule has 3 rings (SSSR count). The summed E-state index contributed by atoms with van der Waals surface area (Å²) in [6.45, 7) is 16.3. The largest absolute Gasteiger partial charge is 0.478 e. The number of hydrogen-bond donors (Lipinski definition) is 2. The predicted octanol–water partition coefficient (Wildman–Crippen LogP) is 7.33. The van der Waals surface area contributed by atoms with Crippen molar-refractivity contribution in [3.05, 3.63) is 89.5 Å². The molecule has 5 nitrogen and oxygen atoms in total. The number of amides is 2. The highest BCUT2D eigenvalue weighted by Gasteiger charge is 2.30. The molecule has 0 atom stereocenters. The van der Waals surface area contributed by atoms with Gasteiger partial charge < -0.3 is 15.4 Å². The molecule has 3 aromatic carbocycles. The van der Waals surface area contributed by atoms with Crippen LogP contribution < -0.4 is 15.4 Å². The van der Waals surface area contributed by atoms with Gasteiger partial charge >= 0.3 is 0 Å². The molecule has 5 heteroatoms. The molecule has 190 valence electrons. The Balaban J connectivity index is 1.59. The normalized spacial score (nSPS) is 12.1. The van der Waals surface area contributed by atoms with Crippen molar-refractivity contribution in [2.24, 2.45) is 0 Å². The van der Waals surface area contributed by atoms with Gasteiger partial charge in [-0.05, 0) is 84.3 Å². The maximum absolute atomic E-state index is 12.9. The second-order valence-corrected chi connectivity index (χ2v) is 11.7. The van der Waals surface area contributed by atoms with Crippen molar-refractivity contribution in [1.82, 2.24) is 0 Å². The van der Waals surface area contributed by atoms with Crippen molar-refractivity contribution in [2.75, 3.05) is 10.6 Å².